The summed E-state index contributed by atoms with van der Waals surface area (Å²) in [6, 6.07) is 14.1. The van der Waals surface area contributed by atoms with E-state index in [1.54, 1.807) is 23.3 Å². The number of furan rings is 1. The Bertz CT molecular complexity index is 1160. The van der Waals surface area contributed by atoms with Crippen LogP contribution in [-0.2, 0) is 13.0 Å². The molecular weight excluding hydrogens is 328 g/mol. The first-order chi connectivity index (χ1) is 12.9. The predicted octanol–water partition coefficient (Wildman–Crippen LogP) is 3.37. The van der Waals surface area contributed by atoms with Crippen molar-refractivity contribution < 1.29 is 4.42 Å². The summed E-state index contributed by atoms with van der Waals surface area (Å²) in [6.07, 6.45) is 7.10. The van der Waals surface area contributed by atoms with Gasteiger partial charge in [-0.15, -0.1) is 5.10 Å². The lowest BCUT2D eigenvalue weighted by Crippen LogP contribution is -2.03. The van der Waals surface area contributed by atoms with Crippen LogP contribution in [0, 0.1) is 0 Å². The van der Waals surface area contributed by atoms with E-state index in [1.807, 2.05) is 22.9 Å². The third-order valence-electron chi connectivity index (χ3n) is 4.39. The summed E-state index contributed by atoms with van der Waals surface area (Å²) < 4.78 is 8.97. The van der Waals surface area contributed by atoms with Crippen LogP contribution in [0.25, 0.3) is 28.3 Å². The Morgan fingerprint density at radius 2 is 1.92 bits per heavy atom. The van der Waals surface area contributed by atoms with Gasteiger partial charge in [0.25, 0.3) is 0 Å². The number of aryl methyl sites for hydroxylation is 2. The van der Waals surface area contributed by atoms with Crippen molar-refractivity contribution >= 4 is 16.7 Å². The zero-order chi connectivity index (χ0) is 17.3. The van der Waals surface area contributed by atoms with Crippen molar-refractivity contribution in [3.8, 4) is 11.6 Å². The first kappa shape index (κ1) is 14.8. The third kappa shape index (κ3) is 2.54. The first-order valence-corrected chi connectivity index (χ1v) is 8.53. The maximum atomic E-state index is 5.38. The quantitative estimate of drug-likeness (QED) is 0.489. The summed E-state index contributed by atoms with van der Waals surface area (Å²) >= 11 is 0. The molecule has 5 rings (SSSR count). The van der Waals surface area contributed by atoms with Gasteiger partial charge in [-0.3, -0.25) is 0 Å². The number of hydrogen-bond donors (Lipinski definition) is 0. The van der Waals surface area contributed by atoms with Crippen LogP contribution < -0.4 is 0 Å². The van der Waals surface area contributed by atoms with E-state index < -0.39 is 0 Å². The van der Waals surface area contributed by atoms with Crippen molar-refractivity contribution in [2.75, 3.05) is 0 Å². The lowest BCUT2D eigenvalue weighted by molar-refractivity contribution is 0.577. The molecule has 26 heavy (non-hydrogen) atoms. The average molecular weight is 344 g/mol. The molecule has 4 aromatic heterocycles. The van der Waals surface area contributed by atoms with Crippen LogP contribution in [0.1, 0.15) is 12.0 Å². The van der Waals surface area contributed by atoms with Gasteiger partial charge < -0.3 is 4.42 Å². The van der Waals surface area contributed by atoms with E-state index in [-0.39, 0.29) is 0 Å². The van der Waals surface area contributed by atoms with Crippen LogP contribution in [0.5, 0.6) is 0 Å². The van der Waals surface area contributed by atoms with Crippen molar-refractivity contribution in [2.24, 2.45) is 0 Å². The van der Waals surface area contributed by atoms with Crippen molar-refractivity contribution in [3.63, 3.8) is 0 Å². The van der Waals surface area contributed by atoms with Gasteiger partial charge in [0.2, 0.25) is 5.82 Å². The second-order valence-corrected chi connectivity index (χ2v) is 6.12. The molecule has 0 aliphatic heterocycles. The number of benzene rings is 1. The van der Waals surface area contributed by atoms with Gasteiger partial charge in [0.15, 0.2) is 17.1 Å². The summed E-state index contributed by atoms with van der Waals surface area (Å²) in [6.45, 7) is 0.806. The van der Waals surface area contributed by atoms with Crippen LogP contribution in [-0.4, -0.2) is 29.4 Å². The number of nitrogens with zero attached hydrogens (tertiary/aromatic N) is 6. The topological polar surface area (TPSA) is 74.0 Å². The second kappa shape index (κ2) is 6.11. The zero-order valence-electron chi connectivity index (χ0n) is 14.0. The van der Waals surface area contributed by atoms with Gasteiger partial charge in [-0.25, -0.2) is 19.2 Å². The highest BCUT2D eigenvalue weighted by atomic mass is 16.3. The number of rotatable bonds is 5. The first-order valence-electron chi connectivity index (χ1n) is 8.53. The Morgan fingerprint density at radius 1 is 1.00 bits per heavy atom. The van der Waals surface area contributed by atoms with Crippen LogP contribution in [0.2, 0.25) is 0 Å². The Balaban J connectivity index is 1.44. The number of aromatic nitrogens is 6. The highest BCUT2D eigenvalue weighted by Crippen LogP contribution is 2.21. The van der Waals surface area contributed by atoms with E-state index in [0.29, 0.717) is 11.6 Å². The van der Waals surface area contributed by atoms with E-state index in [9.17, 15) is 0 Å². The minimum absolute atomic E-state index is 0.543. The maximum absolute atomic E-state index is 5.38. The van der Waals surface area contributed by atoms with Gasteiger partial charge in [-0.1, -0.05) is 30.3 Å². The zero-order valence-corrected chi connectivity index (χ0v) is 14.0. The largest absolute Gasteiger partial charge is 0.461 e. The summed E-state index contributed by atoms with van der Waals surface area (Å²) in [4.78, 5) is 9.11. The molecule has 0 amide bonds. The second-order valence-electron chi connectivity index (χ2n) is 6.12. The summed E-state index contributed by atoms with van der Waals surface area (Å²) in [5.74, 6) is 1.18. The van der Waals surface area contributed by atoms with Crippen LogP contribution >= 0.6 is 0 Å². The molecule has 0 spiro atoms. The fourth-order valence-electron chi connectivity index (χ4n) is 3.12. The molecule has 0 saturated heterocycles. The highest BCUT2D eigenvalue weighted by Gasteiger charge is 2.14. The maximum Gasteiger partial charge on any atom is 0.217 e. The lowest BCUT2D eigenvalue weighted by Gasteiger charge is -2.03. The molecule has 0 saturated carbocycles. The molecule has 0 N–H and O–H groups in total. The Hall–Kier alpha value is -3.48. The summed E-state index contributed by atoms with van der Waals surface area (Å²) in [5.41, 5.74) is 2.89. The van der Waals surface area contributed by atoms with Crippen molar-refractivity contribution in [1.82, 2.24) is 29.4 Å². The molecular formula is C19H16N6O. The van der Waals surface area contributed by atoms with Crippen LogP contribution in [0.3, 0.4) is 0 Å². The molecule has 0 aliphatic carbocycles. The molecule has 0 fully saturated rings. The fraction of sp³-hybridized carbons (Fsp3) is 0.158. The average Bonchev–Trinajstić information content (AvgIpc) is 3.41. The Labute approximate surface area is 148 Å². The van der Waals surface area contributed by atoms with E-state index in [2.05, 4.69) is 44.4 Å². The third-order valence-corrected chi connectivity index (χ3v) is 4.39. The van der Waals surface area contributed by atoms with E-state index in [0.717, 1.165) is 36.1 Å². The van der Waals surface area contributed by atoms with E-state index in [4.69, 9.17) is 4.42 Å². The van der Waals surface area contributed by atoms with Gasteiger partial charge in [-0.05, 0) is 30.5 Å². The van der Waals surface area contributed by atoms with Gasteiger partial charge in [0, 0.05) is 6.54 Å². The molecule has 0 aliphatic rings. The van der Waals surface area contributed by atoms with Crippen LogP contribution in [0.15, 0.2) is 65.7 Å². The van der Waals surface area contributed by atoms with Gasteiger partial charge in [0.1, 0.15) is 6.33 Å². The minimum atomic E-state index is 0.543. The lowest BCUT2D eigenvalue weighted by atomic mass is 10.1. The molecule has 7 heteroatoms. The van der Waals surface area contributed by atoms with Crippen molar-refractivity contribution in [3.05, 3.63) is 66.8 Å². The Kier molecular flexibility index (Phi) is 3.48. The standard InChI is InChI=1S/C19H16N6O/c1-2-6-14(7-3-1)8-4-10-24-18-15(12-21-24)19-22-17(16-9-5-11-26-16)23-25(19)13-20-18/h1-3,5-7,9,11-13H,4,8,10H2. The highest BCUT2D eigenvalue weighted by molar-refractivity contribution is 5.88. The molecule has 1 aromatic carbocycles. The smallest absolute Gasteiger partial charge is 0.217 e. The number of fused-ring (bicyclic) bond motifs is 3. The van der Waals surface area contributed by atoms with Crippen molar-refractivity contribution in [1.29, 1.82) is 0 Å². The molecule has 128 valence electrons. The van der Waals surface area contributed by atoms with Crippen molar-refractivity contribution in [2.45, 2.75) is 19.4 Å². The fourth-order valence-corrected chi connectivity index (χ4v) is 3.12. The molecule has 0 atom stereocenters. The number of hydrogen-bond acceptors (Lipinski definition) is 5. The van der Waals surface area contributed by atoms with E-state index >= 15 is 0 Å². The molecule has 0 radical (unpaired) electrons. The van der Waals surface area contributed by atoms with Crippen LogP contribution in [0.4, 0.5) is 0 Å². The SMILES string of the molecule is c1ccc(CCCn2ncc3c2ncn2nc(-c4ccco4)nc32)cc1. The minimum Gasteiger partial charge on any atom is -0.461 e. The van der Waals surface area contributed by atoms with E-state index in [1.165, 1.54) is 5.56 Å². The van der Waals surface area contributed by atoms with Gasteiger partial charge >= 0.3 is 0 Å². The molecule has 0 unspecified atom stereocenters. The normalized spacial score (nSPS) is 11.5. The molecule has 5 aromatic rings. The van der Waals surface area contributed by atoms with Gasteiger partial charge in [0.05, 0.1) is 17.8 Å². The Morgan fingerprint density at radius 3 is 2.77 bits per heavy atom. The molecule has 7 nitrogen and oxygen atoms in total. The summed E-state index contributed by atoms with van der Waals surface area (Å²) in [5, 5.41) is 9.81. The monoisotopic (exact) mass is 344 g/mol. The summed E-state index contributed by atoms with van der Waals surface area (Å²) in [7, 11) is 0. The molecule has 4 heterocycles. The molecule has 0 bridgehead atoms. The van der Waals surface area contributed by atoms with Gasteiger partial charge in [-0.2, -0.15) is 5.10 Å². The predicted molar refractivity (Wildman–Crippen MR) is 96.5 cm³/mol.